The molecule has 100 valence electrons. The van der Waals surface area contributed by atoms with Gasteiger partial charge in [0.05, 0.1) is 11.6 Å². The topological polar surface area (TPSA) is 47.6 Å². The molecule has 1 atom stereocenters. The van der Waals surface area contributed by atoms with E-state index in [4.69, 9.17) is 9.47 Å². The Balaban J connectivity index is 2.79. The summed E-state index contributed by atoms with van der Waals surface area (Å²) in [4.78, 5) is 12.1. The SMILES string of the molecule is COC(OC)C(C)NC(=O)c1cc(I)ccc1Br. The van der Waals surface area contributed by atoms with Crippen molar-refractivity contribution in [3.05, 3.63) is 31.8 Å². The van der Waals surface area contributed by atoms with Crippen molar-refractivity contribution >= 4 is 44.4 Å². The molecule has 0 heterocycles. The first-order chi connectivity index (χ1) is 8.49. The van der Waals surface area contributed by atoms with Gasteiger partial charge in [-0.15, -0.1) is 0 Å². The quantitative estimate of drug-likeness (QED) is 0.580. The largest absolute Gasteiger partial charge is 0.354 e. The number of benzene rings is 1. The molecule has 1 aromatic rings. The maximum absolute atomic E-state index is 12.1. The van der Waals surface area contributed by atoms with E-state index in [0.717, 1.165) is 8.04 Å². The van der Waals surface area contributed by atoms with E-state index in [-0.39, 0.29) is 11.9 Å². The molecule has 0 saturated carbocycles. The van der Waals surface area contributed by atoms with Crippen LogP contribution in [0.2, 0.25) is 0 Å². The van der Waals surface area contributed by atoms with Gasteiger partial charge in [-0.2, -0.15) is 0 Å². The molecule has 0 saturated heterocycles. The minimum Gasteiger partial charge on any atom is -0.354 e. The van der Waals surface area contributed by atoms with Crippen LogP contribution in [-0.4, -0.2) is 32.5 Å². The second-order valence-electron chi connectivity index (χ2n) is 3.73. The fourth-order valence-electron chi connectivity index (χ4n) is 1.53. The minimum atomic E-state index is -0.462. The second-order valence-corrected chi connectivity index (χ2v) is 5.83. The van der Waals surface area contributed by atoms with Crippen LogP contribution in [-0.2, 0) is 9.47 Å². The van der Waals surface area contributed by atoms with E-state index < -0.39 is 6.29 Å². The lowest BCUT2D eigenvalue weighted by atomic mass is 10.2. The lowest BCUT2D eigenvalue weighted by Gasteiger charge is -2.22. The zero-order valence-electron chi connectivity index (χ0n) is 10.4. The van der Waals surface area contributed by atoms with Gasteiger partial charge in [-0.3, -0.25) is 4.79 Å². The van der Waals surface area contributed by atoms with E-state index in [1.54, 1.807) is 0 Å². The van der Waals surface area contributed by atoms with E-state index in [0.29, 0.717) is 5.56 Å². The highest BCUT2D eigenvalue weighted by molar-refractivity contribution is 14.1. The van der Waals surface area contributed by atoms with Crippen LogP contribution < -0.4 is 5.32 Å². The predicted octanol–water partition coefficient (Wildman–Crippen LogP) is 2.79. The van der Waals surface area contributed by atoms with E-state index in [2.05, 4.69) is 43.8 Å². The van der Waals surface area contributed by atoms with Gasteiger partial charge in [0.1, 0.15) is 0 Å². The monoisotopic (exact) mass is 427 g/mol. The van der Waals surface area contributed by atoms with Crippen molar-refractivity contribution in [1.29, 1.82) is 0 Å². The molecular weight excluding hydrogens is 413 g/mol. The molecule has 18 heavy (non-hydrogen) atoms. The highest BCUT2D eigenvalue weighted by atomic mass is 127. The molecule has 0 bridgehead atoms. The third-order valence-corrected chi connectivity index (χ3v) is 3.77. The lowest BCUT2D eigenvalue weighted by molar-refractivity contribution is -0.117. The first-order valence-corrected chi connectivity index (χ1v) is 7.18. The van der Waals surface area contributed by atoms with E-state index in [1.165, 1.54) is 14.2 Å². The van der Waals surface area contributed by atoms with Crippen molar-refractivity contribution in [2.45, 2.75) is 19.3 Å². The number of amides is 1. The number of methoxy groups -OCH3 is 2. The Morgan fingerprint density at radius 2 is 2.00 bits per heavy atom. The van der Waals surface area contributed by atoms with Crippen molar-refractivity contribution in [1.82, 2.24) is 5.32 Å². The van der Waals surface area contributed by atoms with E-state index in [9.17, 15) is 4.79 Å². The number of carbonyl (C=O) groups excluding carboxylic acids is 1. The standard InChI is InChI=1S/C12H15BrINO3/c1-7(12(17-2)18-3)15-11(16)9-6-8(14)4-5-10(9)13/h4-7,12H,1-3H3,(H,15,16). The van der Waals surface area contributed by atoms with Gasteiger partial charge in [0.2, 0.25) is 0 Å². The highest BCUT2D eigenvalue weighted by Crippen LogP contribution is 2.19. The molecule has 0 spiro atoms. The molecule has 1 unspecified atom stereocenters. The van der Waals surface area contributed by atoms with Gasteiger partial charge in [-0.05, 0) is 63.6 Å². The maximum Gasteiger partial charge on any atom is 0.252 e. The summed E-state index contributed by atoms with van der Waals surface area (Å²) in [5.74, 6) is -0.160. The van der Waals surface area contributed by atoms with Crippen LogP contribution in [0.25, 0.3) is 0 Å². The second kappa shape index (κ2) is 7.42. The average Bonchev–Trinajstić information content (AvgIpc) is 2.33. The maximum atomic E-state index is 12.1. The Bertz CT molecular complexity index is 424. The van der Waals surface area contributed by atoms with Gasteiger partial charge in [0.15, 0.2) is 6.29 Å². The molecule has 1 amide bonds. The van der Waals surface area contributed by atoms with Gasteiger partial charge in [-0.1, -0.05) is 0 Å². The Labute approximate surface area is 129 Å². The number of nitrogens with one attached hydrogen (secondary N) is 1. The molecule has 0 aliphatic carbocycles. The summed E-state index contributed by atoms with van der Waals surface area (Å²) < 4.78 is 12.0. The Hall–Kier alpha value is -0.180. The first kappa shape index (κ1) is 15.9. The van der Waals surface area contributed by atoms with Crippen molar-refractivity contribution in [3.63, 3.8) is 0 Å². The van der Waals surface area contributed by atoms with Gasteiger partial charge in [0.25, 0.3) is 5.91 Å². The minimum absolute atomic E-state index is 0.160. The molecule has 0 radical (unpaired) electrons. The molecule has 0 fully saturated rings. The number of rotatable bonds is 5. The Morgan fingerprint density at radius 1 is 1.39 bits per heavy atom. The van der Waals surface area contributed by atoms with Gasteiger partial charge in [0, 0.05) is 22.3 Å². The predicted molar refractivity (Wildman–Crippen MR) is 81.6 cm³/mol. The summed E-state index contributed by atoms with van der Waals surface area (Å²) in [6.45, 7) is 1.83. The van der Waals surface area contributed by atoms with Crippen molar-refractivity contribution < 1.29 is 14.3 Å². The molecule has 1 rings (SSSR count). The average molecular weight is 428 g/mol. The first-order valence-electron chi connectivity index (χ1n) is 5.31. The summed E-state index contributed by atoms with van der Waals surface area (Å²) in [5, 5.41) is 2.84. The molecule has 0 aromatic heterocycles. The van der Waals surface area contributed by atoms with Gasteiger partial charge in [-0.25, -0.2) is 0 Å². The van der Waals surface area contributed by atoms with Crippen LogP contribution in [0.4, 0.5) is 0 Å². The smallest absolute Gasteiger partial charge is 0.252 e. The van der Waals surface area contributed by atoms with Crippen LogP contribution in [0.5, 0.6) is 0 Å². The zero-order chi connectivity index (χ0) is 13.7. The molecule has 1 aromatic carbocycles. The molecule has 1 N–H and O–H groups in total. The van der Waals surface area contributed by atoms with Crippen molar-refractivity contribution in [3.8, 4) is 0 Å². The number of hydrogen-bond donors (Lipinski definition) is 1. The van der Waals surface area contributed by atoms with Crippen LogP contribution in [0.3, 0.4) is 0 Å². The van der Waals surface area contributed by atoms with Crippen molar-refractivity contribution in [2.75, 3.05) is 14.2 Å². The zero-order valence-corrected chi connectivity index (χ0v) is 14.1. The van der Waals surface area contributed by atoms with Crippen LogP contribution in [0.1, 0.15) is 17.3 Å². The van der Waals surface area contributed by atoms with Gasteiger partial charge >= 0.3 is 0 Å². The van der Waals surface area contributed by atoms with Crippen LogP contribution in [0.15, 0.2) is 22.7 Å². The van der Waals surface area contributed by atoms with Crippen molar-refractivity contribution in [2.24, 2.45) is 0 Å². The summed E-state index contributed by atoms with van der Waals surface area (Å²) in [6.07, 6.45) is -0.462. The van der Waals surface area contributed by atoms with E-state index >= 15 is 0 Å². The molecule has 6 heteroatoms. The van der Waals surface area contributed by atoms with E-state index in [1.807, 2.05) is 25.1 Å². The summed E-state index contributed by atoms with van der Waals surface area (Å²) in [5.41, 5.74) is 0.597. The third-order valence-electron chi connectivity index (χ3n) is 2.40. The molecular formula is C12H15BrINO3. The van der Waals surface area contributed by atoms with Crippen LogP contribution in [0, 0.1) is 3.57 Å². The number of ether oxygens (including phenoxy) is 2. The Kier molecular flexibility index (Phi) is 6.54. The fourth-order valence-corrected chi connectivity index (χ4v) is 2.45. The van der Waals surface area contributed by atoms with Gasteiger partial charge < -0.3 is 14.8 Å². The summed E-state index contributed by atoms with van der Waals surface area (Å²) >= 11 is 5.53. The highest BCUT2D eigenvalue weighted by Gasteiger charge is 2.20. The lowest BCUT2D eigenvalue weighted by Crippen LogP contribution is -2.43. The number of carbonyl (C=O) groups is 1. The van der Waals surface area contributed by atoms with Crippen LogP contribution >= 0.6 is 38.5 Å². The normalized spacial score (nSPS) is 12.6. The Morgan fingerprint density at radius 3 is 2.56 bits per heavy atom. The molecule has 0 aliphatic heterocycles. The summed E-state index contributed by atoms with van der Waals surface area (Å²) in [7, 11) is 3.08. The number of hydrogen-bond acceptors (Lipinski definition) is 3. The third kappa shape index (κ3) is 4.18. The molecule has 0 aliphatic rings. The summed E-state index contributed by atoms with van der Waals surface area (Å²) in [6, 6.07) is 5.36. The molecule has 4 nitrogen and oxygen atoms in total. The fraction of sp³-hybridized carbons (Fsp3) is 0.417. The number of halogens is 2.